The Hall–Kier alpha value is -3.90. The Morgan fingerprint density at radius 1 is 1.10 bits per heavy atom. The predicted molar refractivity (Wildman–Crippen MR) is 156 cm³/mol. The van der Waals surface area contributed by atoms with Gasteiger partial charge >= 0.3 is 6.03 Å². The minimum absolute atomic E-state index is 0.252. The van der Waals surface area contributed by atoms with Gasteiger partial charge in [0, 0.05) is 10.7 Å². The molecule has 0 bridgehead atoms. The van der Waals surface area contributed by atoms with Crippen molar-refractivity contribution in [3.63, 3.8) is 0 Å². The molecule has 1 aliphatic rings. The van der Waals surface area contributed by atoms with Gasteiger partial charge in [0.2, 0.25) is 0 Å². The Labute approximate surface area is 243 Å². The second-order valence-corrected chi connectivity index (χ2v) is 10.2. The van der Waals surface area contributed by atoms with Crippen molar-refractivity contribution in [2.24, 2.45) is 0 Å². The highest BCUT2D eigenvalue weighted by atomic mass is 127. The molecule has 1 saturated heterocycles. The number of methoxy groups -OCH3 is 1. The van der Waals surface area contributed by atoms with E-state index in [4.69, 9.17) is 21.1 Å². The van der Waals surface area contributed by atoms with Crippen LogP contribution in [0.1, 0.15) is 16.7 Å². The third-order valence-corrected chi connectivity index (χ3v) is 6.76. The van der Waals surface area contributed by atoms with Gasteiger partial charge in [-0.25, -0.2) is 9.69 Å². The summed E-state index contributed by atoms with van der Waals surface area (Å²) in [7, 11) is 1.43. The van der Waals surface area contributed by atoms with Crippen molar-refractivity contribution in [2.75, 3.05) is 23.9 Å². The minimum Gasteiger partial charge on any atom is -0.493 e. The zero-order valence-electron chi connectivity index (χ0n) is 21.1. The Kier molecular flexibility index (Phi) is 8.56. The fourth-order valence-corrected chi connectivity index (χ4v) is 4.83. The number of barbiturate groups is 1. The van der Waals surface area contributed by atoms with Crippen molar-refractivity contribution in [1.82, 2.24) is 5.32 Å². The first-order valence-electron chi connectivity index (χ1n) is 11.6. The molecular weight excluding hydrogens is 637 g/mol. The lowest BCUT2D eigenvalue weighted by atomic mass is 10.1. The van der Waals surface area contributed by atoms with E-state index in [-0.39, 0.29) is 23.8 Å². The van der Waals surface area contributed by atoms with Crippen LogP contribution >= 0.6 is 34.2 Å². The highest BCUT2D eigenvalue weighted by Crippen LogP contribution is 2.35. The first kappa shape index (κ1) is 28.1. The number of halogens is 2. The number of rotatable bonds is 7. The first-order chi connectivity index (χ1) is 18.6. The standard InChI is InChI=1S/C28H23ClIN3O6/c1-15-5-4-6-19(9-15)31-24(34)14-39-25-21(30)11-17(12-23(25)38-3)10-20-26(35)32-28(37)33(27(20)36)22-13-18(29)8-7-16(22)2/h4-13H,14H2,1-3H3,(H,31,34)(H,32,35,37)/b20-10+. The summed E-state index contributed by atoms with van der Waals surface area (Å²) < 4.78 is 11.8. The van der Waals surface area contributed by atoms with Gasteiger partial charge in [-0.3, -0.25) is 19.7 Å². The number of benzene rings is 3. The fourth-order valence-electron chi connectivity index (χ4n) is 3.89. The van der Waals surface area contributed by atoms with Gasteiger partial charge in [0.05, 0.1) is 16.4 Å². The maximum Gasteiger partial charge on any atom is 0.335 e. The largest absolute Gasteiger partial charge is 0.493 e. The van der Waals surface area contributed by atoms with Crippen molar-refractivity contribution < 1.29 is 28.7 Å². The van der Waals surface area contributed by atoms with E-state index in [9.17, 15) is 19.2 Å². The van der Waals surface area contributed by atoms with Crippen LogP contribution in [0.3, 0.4) is 0 Å². The molecule has 3 aromatic rings. The van der Waals surface area contributed by atoms with E-state index in [1.54, 1.807) is 37.3 Å². The molecule has 1 heterocycles. The Morgan fingerprint density at radius 3 is 2.59 bits per heavy atom. The fraction of sp³-hybridized carbons (Fsp3) is 0.143. The molecule has 0 aromatic heterocycles. The topological polar surface area (TPSA) is 114 Å². The highest BCUT2D eigenvalue weighted by molar-refractivity contribution is 14.1. The summed E-state index contributed by atoms with van der Waals surface area (Å²) in [6, 6.07) is 14.5. The number of carbonyl (C=O) groups is 4. The first-order valence-corrected chi connectivity index (χ1v) is 13.1. The van der Waals surface area contributed by atoms with E-state index in [1.165, 1.54) is 19.3 Å². The maximum absolute atomic E-state index is 13.3. The molecule has 9 nitrogen and oxygen atoms in total. The Morgan fingerprint density at radius 2 is 1.87 bits per heavy atom. The number of hydrogen-bond acceptors (Lipinski definition) is 6. The molecule has 0 atom stereocenters. The van der Waals surface area contributed by atoms with Crippen LogP contribution in [0.5, 0.6) is 11.5 Å². The zero-order valence-corrected chi connectivity index (χ0v) is 24.0. The van der Waals surface area contributed by atoms with Crippen molar-refractivity contribution in [3.05, 3.63) is 85.5 Å². The van der Waals surface area contributed by atoms with E-state index >= 15 is 0 Å². The minimum atomic E-state index is -0.868. The predicted octanol–water partition coefficient (Wildman–Crippen LogP) is 5.25. The number of carbonyl (C=O) groups excluding carboxylic acids is 4. The van der Waals surface area contributed by atoms with E-state index in [2.05, 4.69) is 10.6 Å². The van der Waals surface area contributed by atoms with Crippen LogP contribution in [-0.2, 0) is 14.4 Å². The lowest BCUT2D eigenvalue weighted by molar-refractivity contribution is -0.122. The number of hydrogen-bond donors (Lipinski definition) is 2. The quantitative estimate of drug-likeness (QED) is 0.204. The van der Waals surface area contributed by atoms with Crippen molar-refractivity contribution >= 4 is 75.4 Å². The Bertz CT molecular complexity index is 1540. The van der Waals surface area contributed by atoms with Gasteiger partial charge in [0.25, 0.3) is 17.7 Å². The normalized spacial score (nSPS) is 14.3. The van der Waals surface area contributed by atoms with Gasteiger partial charge in [-0.05, 0) is 95.6 Å². The molecule has 0 radical (unpaired) electrons. The summed E-state index contributed by atoms with van der Waals surface area (Å²) in [5, 5.41) is 5.31. The Balaban J connectivity index is 1.58. The van der Waals surface area contributed by atoms with E-state index < -0.39 is 17.8 Å². The number of aryl methyl sites for hydroxylation is 2. The lowest BCUT2D eigenvalue weighted by Crippen LogP contribution is -2.54. The molecule has 1 fully saturated rings. The molecule has 1 aliphatic heterocycles. The molecule has 0 saturated carbocycles. The molecule has 2 N–H and O–H groups in total. The van der Waals surface area contributed by atoms with Gasteiger partial charge in [-0.2, -0.15) is 0 Å². The highest BCUT2D eigenvalue weighted by Gasteiger charge is 2.37. The number of imide groups is 2. The third kappa shape index (κ3) is 6.40. The SMILES string of the molecule is COc1cc(/C=C2\C(=O)NC(=O)N(c3cc(Cl)ccc3C)C2=O)cc(I)c1OCC(=O)Nc1cccc(C)c1. The average molecular weight is 660 g/mol. The van der Waals surface area contributed by atoms with Gasteiger partial charge < -0.3 is 14.8 Å². The van der Waals surface area contributed by atoms with E-state index in [0.29, 0.717) is 36.9 Å². The molecule has 0 spiro atoms. The molecule has 39 heavy (non-hydrogen) atoms. The van der Waals surface area contributed by atoms with Gasteiger partial charge in [-0.1, -0.05) is 29.8 Å². The number of nitrogens with one attached hydrogen (secondary N) is 2. The lowest BCUT2D eigenvalue weighted by Gasteiger charge is -2.27. The van der Waals surface area contributed by atoms with Crippen LogP contribution in [-0.4, -0.2) is 37.5 Å². The second-order valence-electron chi connectivity index (χ2n) is 8.63. The van der Waals surface area contributed by atoms with Gasteiger partial charge in [0.15, 0.2) is 18.1 Å². The van der Waals surface area contributed by atoms with Crippen LogP contribution in [0.4, 0.5) is 16.2 Å². The van der Waals surface area contributed by atoms with Crippen molar-refractivity contribution in [3.8, 4) is 11.5 Å². The molecular formula is C28H23ClIN3O6. The summed E-state index contributed by atoms with van der Waals surface area (Å²) in [5.41, 5.74) is 2.75. The molecule has 200 valence electrons. The third-order valence-electron chi connectivity index (χ3n) is 5.73. The van der Waals surface area contributed by atoms with E-state index in [1.807, 2.05) is 47.7 Å². The molecule has 5 amide bonds. The molecule has 3 aromatic carbocycles. The van der Waals surface area contributed by atoms with Crippen LogP contribution < -0.4 is 25.0 Å². The van der Waals surface area contributed by atoms with Crippen molar-refractivity contribution in [2.45, 2.75) is 13.8 Å². The second kappa shape index (κ2) is 11.9. The molecule has 0 unspecified atom stereocenters. The van der Waals surface area contributed by atoms with E-state index in [0.717, 1.165) is 10.5 Å². The van der Waals surface area contributed by atoms with Crippen LogP contribution in [0.25, 0.3) is 6.08 Å². The monoisotopic (exact) mass is 659 g/mol. The molecule has 11 heteroatoms. The summed E-state index contributed by atoms with van der Waals surface area (Å²) in [6.45, 7) is 3.38. The number of amides is 5. The summed E-state index contributed by atoms with van der Waals surface area (Å²) in [4.78, 5) is 51.8. The average Bonchev–Trinajstić information content (AvgIpc) is 2.87. The number of ether oxygens (including phenoxy) is 2. The van der Waals surface area contributed by atoms with Gasteiger partial charge in [-0.15, -0.1) is 0 Å². The number of urea groups is 1. The smallest absolute Gasteiger partial charge is 0.335 e. The maximum atomic E-state index is 13.3. The number of nitrogens with zero attached hydrogens (tertiary/aromatic N) is 1. The summed E-state index contributed by atoms with van der Waals surface area (Å²) in [6.07, 6.45) is 1.36. The summed E-state index contributed by atoms with van der Waals surface area (Å²) >= 11 is 8.09. The van der Waals surface area contributed by atoms with Crippen LogP contribution in [0.15, 0.2) is 60.2 Å². The van der Waals surface area contributed by atoms with Crippen LogP contribution in [0.2, 0.25) is 5.02 Å². The summed E-state index contributed by atoms with van der Waals surface area (Å²) in [5.74, 6) is -1.36. The molecule has 4 rings (SSSR count). The van der Waals surface area contributed by atoms with Crippen molar-refractivity contribution in [1.29, 1.82) is 0 Å². The van der Waals surface area contributed by atoms with Gasteiger partial charge in [0.1, 0.15) is 5.57 Å². The number of anilines is 2. The molecule has 0 aliphatic carbocycles. The zero-order chi connectivity index (χ0) is 28.3. The van der Waals surface area contributed by atoms with Crippen LogP contribution in [0, 0.1) is 17.4 Å².